The van der Waals surface area contributed by atoms with Gasteiger partial charge in [0.05, 0.1) is 17.3 Å². The van der Waals surface area contributed by atoms with Crippen molar-refractivity contribution in [1.82, 2.24) is 9.97 Å². The van der Waals surface area contributed by atoms with Crippen molar-refractivity contribution in [2.75, 3.05) is 7.11 Å². The molecule has 2 aromatic heterocycles. The van der Waals surface area contributed by atoms with Crippen LogP contribution in [0.1, 0.15) is 0 Å². The lowest BCUT2D eigenvalue weighted by atomic mass is 10.1. The fraction of sp³-hybridized carbons (Fsp3) is 0.0769. The highest BCUT2D eigenvalue weighted by molar-refractivity contribution is 7.22. The predicted octanol–water partition coefficient (Wildman–Crippen LogP) is 4.67. The molecule has 0 radical (unpaired) electrons. The van der Waals surface area contributed by atoms with E-state index in [-0.39, 0.29) is 0 Å². The molecule has 0 aliphatic heterocycles. The molecular weight excluding hydrogens is 303 g/mol. The zero-order chi connectivity index (χ0) is 13.4. The molecule has 0 amide bonds. The molecule has 0 aliphatic rings. The summed E-state index contributed by atoms with van der Waals surface area (Å²) in [7, 11) is 1.62. The van der Waals surface area contributed by atoms with Gasteiger partial charge < -0.3 is 4.74 Å². The van der Waals surface area contributed by atoms with Gasteiger partial charge in [-0.1, -0.05) is 23.2 Å². The molecule has 1 aromatic carbocycles. The first kappa shape index (κ1) is 12.7. The fourth-order valence-corrected chi connectivity index (χ4v) is 3.27. The van der Waals surface area contributed by atoms with Crippen LogP contribution in [0, 0.1) is 0 Å². The SMILES string of the molecule is COc1cc(Cl)ccc1-c1cc2ncnc(Cl)c2s1. The maximum atomic E-state index is 6.06. The number of thiophene rings is 1. The minimum absolute atomic E-state index is 0.467. The largest absolute Gasteiger partial charge is 0.496 e. The second kappa shape index (κ2) is 4.96. The standard InChI is InChI=1S/C13H8Cl2N2OS/c1-18-10-4-7(14)2-3-8(10)11-5-9-12(19-11)13(15)17-6-16-9/h2-6H,1H3. The summed E-state index contributed by atoms with van der Waals surface area (Å²) in [4.78, 5) is 9.21. The van der Waals surface area contributed by atoms with Gasteiger partial charge in [-0.15, -0.1) is 11.3 Å². The highest BCUT2D eigenvalue weighted by Gasteiger charge is 2.12. The Kier molecular flexibility index (Phi) is 3.31. The van der Waals surface area contributed by atoms with Crippen LogP contribution in [-0.2, 0) is 0 Å². The van der Waals surface area contributed by atoms with Gasteiger partial charge >= 0.3 is 0 Å². The molecule has 0 saturated carbocycles. The normalized spacial score (nSPS) is 10.9. The van der Waals surface area contributed by atoms with Crippen LogP contribution in [0.3, 0.4) is 0 Å². The molecule has 6 heteroatoms. The third-order valence-electron chi connectivity index (χ3n) is 2.70. The van der Waals surface area contributed by atoms with Crippen molar-refractivity contribution in [3.63, 3.8) is 0 Å². The van der Waals surface area contributed by atoms with Gasteiger partial charge in [0.15, 0.2) is 0 Å². The second-order valence-electron chi connectivity index (χ2n) is 3.83. The third-order valence-corrected chi connectivity index (χ3v) is 4.49. The Morgan fingerprint density at radius 2 is 2.00 bits per heavy atom. The fourth-order valence-electron chi connectivity index (χ4n) is 1.83. The number of aromatic nitrogens is 2. The van der Waals surface area contributed by atoms with E-state index in [0.717, 1.165) is 26.4 Å². The second-order valence-corrected chi connectivity index (χ2v) is 5.68. The van der Waals surface area contributed by atoms with Crippen LogP contribution >= 0.6 is 34.5 Å². The van der Waals surface area contributed by atoms with Crippen LogP contribution in [0.5, 0.6) is 5.75 Å². The number of nitrogens with zero attached hydrogens (tertiary/aromatic N) is 2. The zero-order valence-electron chi connectivity index (χ0n) is 9.85. The topological polar surface area (TPSA) is 35.0 Å². The molecule has 0 saturated heterocycles. The number of rotatable bonds is 2. The molecule has 0 unspecified atom stereocenters. The summed E-state index contributed by atoms with van der Waals surface area (Å²) < 4.78 is 6.23. The van der Waals surface area contributed by atoms with Crippen LogP contribution in [0.4, 0.5) is 0 Å². The third kappa shape index (κ3) is 2.27. The Morgan fingerprint density at radius 1 is 1.16 bits per heavy atom. The summed E-state index contributed by atoms with van der Waals surface area (Å²) in [5.74, 6) is 0.725. The Labute approximate surface area is 123 Å². The summed E-state index contributed by atoms with van der Waals surface area (Å²) in [5, 5.41) is 1.11. The average molecular weight is 311 g/mol. The van der Waals surface area contributed by atoms with Crippen molar-refractivity contribution in [1.29, 1.82) is 0 Å². The molecule has 0 aliphatic carbocycles. The number of ether oxygens (including phenoxy) is 1. The molecule has 0 atom stereocenters. The molecule has 0 N–H and O–H groups in total. The first-order valence-electron chi connectivity index (χ1n) is 5.43. The number of benzene rings is 1. The molecule has 0 bridgehead atoms. The first-order valence-corrected chi connectivity index (χ1v) is 7.00. The summed E-state index contributed by atoms with van der Waals surface area (Å²) in [5.41, 5.74) is 1.79. The average Bonchev–Trinajstić information content (AvgIpc) is 2.83. The maximum absolute atomic E-state index is 6.06. The zero-order valence-corrected chi connectivity index (χ0v) is 12.2. The van der Waals surface area contributed by atoms with Crippen LogP contribution in [0.15, 0.2) is 30.6 Å². The van der Waals surface area contributed by atoms with Gasteiger partial charge in [-0.25, -0.2) is 9.97 Å². The van der Waals surface area contributed by atoms with Crippen LogP contribution in [0.25, 0.3) is 20.7 Å². The Morgan fingerprint density at radius 3 is 2.74 bits per heavy atom. The van der Waals surface area contributed by atoms with Crippen molar-refractivity contribution in [2.45, 2.75) is 0 Å². The van der Waals surface area contributed by atoms with Crippen molar-refractivity contribution < 1.29 is 4.74 Å². The van der Waals surface area contributed by atoms with E-state index in [2.05, 4.69) is 9.97 Å². The smallest absolute Gasteiger partial charge is 0.150 e. The molecule has 19 heavy (non-hydrogen) atoms. The quantitative estimate of drug-likeness (QED) is 0.645. The van der Waals surface area contributed by atoms with Crippen molar-refractivity contribution in [3.8, 4) is 16.2 Å². The Hall–Kier alpha value is -1.36. The molecular formula is C13H8Cl2N2OS. The van der Waals surface area contributed by atoms with Gasteiger partial charge in [-0.2, -0.15) is 0 Å². The number of halogens is 2. The van der Waals surface area contributed by atoms with Gasteiger partial charge in [-0.05, 0) is 24.3 Å². The predicted molar refractivity (Wildman–Crippen MR) is 79.4 cm³/mol. The highest BCUT2D eigenvalue weighted by Crippen LogP contribution is 2.40. The molecule has 3 rings (SSSR count). The van der Waals surface area contributed by atoms with Gasteiger partial charge in [0, 0.05) is 15.5 Å². The van der Waals surface area contributed by atoms with E-state index in [1.165, 1.54) is 17.7 Å². The van der Waals surface area contributed by atoms with E-state index in [4.69, 9.17) is 27.9 Å². The Bertz CT molecular complexity index is 757. The highest BCUT2D eigenvalue weighted by atomic mass is 35.5. The van der Waals surface area contributed by atoms with E-state index < -0.39 is 0 Å². The van der Waals surface area contributed by atoms with Gasteiger partial charge in [-0.3, -0.25) is 0 Å². The summed E-state index contributed by atoms with van der Waals surface area (Å²) >= 11 is 13.6. The van der Waals surface area contributed by atoms with Crippen LogP contribution in [-0.4, -0.2) is 17.1 Å². The summed E-state index contributed by atoms with van der Waals surface area (Å²) in [6.45, 7) is 0. The van der Waals surface area contributed by atoms with E-state index in [1.54, 1.807) is 13.2 Å². The molecule has 2 heterocycles. The minimum Gasteiger partial charge on any atom is -0.496 e. The summed E-state index contributed by atoms with van der Waals surface area (Å²) in [6.07, 6.45) is 1.46. The number of fused-ring (bicyclic) bond motifs is 1. The van der Waals surface area contributed by atoms with Gasteiger partial charge in [0.25, 0.3) is 0 Å². The van der Waals surface area contributed by atoms with E-state index in [9.17, 15) is 0 Å². The molecule has 0 spiro atoms. The van der Waals surface area contributed by atoms with E-state index >= 15 is 0 Å². The Balaban J connectivity index is 2.22. The van der Waals surface area contributed by atoms with Crippen molar-refractivity contribution in [3.05, 3.63) is 40.8 Å². The van der Waals surface area contributed by atoms with Crippen molar-refractivity contribution >= 4 is 44.8 Å². The molecule has 3 aromatic rings. The van der Waals surface area contributed by atoms with Crippen LogP contribution in [0.2, 0.25) is 10.2 Å². The van der Waals surface area contributed by atoms with Crippen molar-refractivity contribution in [2.24, 2.45) is 0 Å². The first-order chi connectivity index (χ1) is 9.19. The number of methoxy groups -OCH3 is 1. The monoisotopic (exact) mass is 310 g/mol. The molecule has 96 valence electrons. The lowest BCUT2D eigenvalue weighted by molar-refractivity contribution is 0.416. The van der Waals surface area contributed by atoms with Crippen LogP contribution < -0.4 is 4.74 Å². The number of hydrogen-bond acceptors (Lipinski definition) is 4. The summed E-state index contributed by atoms with van der Waals surface area (Å²) in [6, 6.07) is 7.51. The lowest BCUT2D eigenvalue weighted by Gasteiger charge is -2.06. The van der Waals surface area contributed by atoms with Gasteiger partial charge in [0.1, 0.15) is 17.2 Å². The van der Waals surface area contributed by atoms with E-state index in [1.807, 2.05) is 18.2 Å². The molecule has 0 fully saturated rings. The van der Waals surface area contributed by atoms with Gasteiger partial charge in [0.2, 0.25) is 0 Å². The number of hydrogen-bond donors (Lipinski definition) is 0. The lowest BCUT2D eigenvalue weighted by Crippen LogP contribution is -1.85. The van der Waals surface area contributed by atoms with E-state index in [0.29, 0.717) is 10.2 Å². The molecule has 3 nitrogen and oxygen atoms in total. The maximum Gasteiger partial charge on any atom is 0.150 e. The minimum atomic E-state index is 0.467.